The van der Waals surface area contributed by atoms with Crippen LogP contribution >= 0.6 is 11.3 Å². The van der Waals surface area contributed by atoms with E-state index in [9.17, 15) is 9.59 Å². The number of hydrogen-bond donors (Lipinski definition) is 1. The van der Waals surface area contributed by atoms with Crippen LogP contribution in [0.25, 0.3) is 0 Å². The highest BCUT2D eigenvalue weighted by molar-refractivity contribution is 7.08. The van der Waals surface area contributed by atoms with Gasteiger partial charge in [-0.15, -0.1) is 0 Å². The Kier molecular flexibility index (Phi) is 8.14. The lowest BCUT2D eigenvalue weighted by Crippen LogP contribution is -2.65. The van der Waals surface area contributed by atoms with Gasteiger partial charge in [-0.2, -0.15) is 11.3 Å². The molecule has 6 heteroatoms. The highest BCUT2D eigenvalue weighted by Gasteiger charge is 2.48. The van der Waals surface area contributed by atoms with Gasteiger partial charge in [-0.3, -0.25) is 9.59 Å². The normalized spacial score (nSPS) is 22.9. The van der Waals surface area contributed by atoms with Gasteiger partial charge in [0.05, 0.1) is 13.1 Å². The summed E-state index contributed by atoms with van der Waals surface area (Å²) in [5.41, 5.74) is 3.28. The van der Waals surface area contributed by atoms with E-state index >= 15 is 0 Å². The molecule has 0 radical (unpaired) electrons. The van der Waals surface area contributed by atoms with Crippen LogP contribution in [0.2, 0.25) is 0 Å². The van der Waals surface area contributed by atoms with Crippen LogP contribution in [-0.2, 0) is 16.1 Å². The third-order valence-electron chi connectivity index (χ3n) is 6.79. The molecular formula is C28H33N2O3S+. The summed E-state index contributed by atoms with van der Waals surface area (Å²) in [7, 11) is 0. The second-order valence-corrected chi connectivity index (χ2v) is 10.0. The predicted octanol–water partition coefficient (Wildman–Crippen LogP) is 5.40. The fourth-order valence-corrected chi connectivity index (χ4v) is 5.63. The Morgan fingerprint density at radius 1 is 1.00 bits per heavy atom. The molecule has 3 saturated heterocycles. The van der Waals surface area contributed by atoms with Crippen LogP contribution in [0.5, 0.6) is 0 Å². The maximum atomic E-state index is 12.4. The van der Waals surface area contributed by atoms with E-state index in [1.54, 1.807) is 11.3 Å². The topological polar surface area (TPSA) is 55.4 Å². The van der Waals surface area contributed by atoms with Gasteiger partial charge >= 0.3 is 5.97 Å². The number of hydrogen-bond acceptors (Lipinski definition) is 5. The molecule has 2 bridgehead atoms. The minimum absolute atomic E-state index is 0.00488. The molecule has 3 aliphatic heterocycles. The maximum absolute atomic E-state index is 12.4. The van der Waals surface area contributed by atoms with E-state index in [1.165, 1.54) is 12.5 Å². The van der Waals surface area contributed by atoms with Crippen LogP contribution in [0.4, 0.5) is 5.69 Å². The number of Topliss-reactive ketones (excluding diaryl/α,β-unsaturated/α-hetero) is 1. The molecule has 1 aromatic heterocycles. The third kappa shape index (κ3) is 6.55. The molecule has 0 aliphatic carbocycles. The van der Waals surface area contributed by atoms with Gasteiger partial charge in [0.15, 0.2) is 6.10 Å². The summed E-state index contributed by atoms with van der Waals surface area (Å²) in [4.78, 5) is 23.6. The number of carbonyl (C=O) groups is 2. The van der Waals surface area contributed by atoms with Crippen LogP contribution in [0.3, 0.4) is 0 Å². The van der Waals surface area contributed by atoms with E-state index in [2.05, 4.69) is 41.7 Å². The van der Waals surface area contributed by atoms with Crippen molar-refractivity contribution in [3.05, 3.63) is 88.6 Å². The number of piperidine rings is 3. The van der Waals surface area contributed by atoms with E-state index in [0.29, 0.717) is 12.5 Å². The Morgan fingerprint density at radius 2 is 1.68 bits per heavy atom. The van der Waals surface area contributed by atoms with Crippen molar-refractivity contribution in [3.8, 4) is 0 Å². The summed E-state index contributed by atoms with van der Waals surface area (Å²) in [6, 6.07) is 22.5. The molecule has 0 spiro atoms. The molecule has 3 aliphatic rings. The Hall–Kier alpha value is -2.96. The number of para-hydroxylation sites is 1. The molecule has 178 valence electrons. The van der Waals surface area contributed by atoms with Gasteiger partial charge in [0.2, 0.25) is 5.78 Å². The highest BCUT2D eigenvalue weighted by atomic mass is 32.1. The first-order valence-electron chi connectivity index (χ1n) is 11.9. The summed E-state index contributed by atoms with van der Waals surface area (Å²) in [5, 5.41) is 7.22. The molecule has 1 unspecified atom stereocenters. The molecule has 5 nitrogen and oxygen atoms in total. The zero-order chi connectivity index (χ0) is 23.8. The molecule has 1 N–H and O–H groups in total. The van der Waals surface area contributed by atoms with Crippen molar-refractivity contribution in [1.82, 2.24) is 0 Å². The molecule has 0 saturated carbocycles. The summed E-state index contributed by atoms with van der Waals surface area (Å²) in [6.07, 6.45) is 2.13. The average molecular weight is 478 g/mol. The van der Waals surface area contributed by atoms with Crippen LogP contribution in [0.1, 0.15) is 35.7 Å². The summed E-state index contributed by atoms with van der Waals surface area (Å²) >= 11 is 1.56. The quantitative estimate of drug-likeness (QED) is 0.281. The number of quaternary nitrogens is 1. The fraction of sp³-hybridized carbons (Fsp3) is 0.357. The minimum Gasteiger partial charge on any atom is -0.456 e. The second-order valence-electron chi connectivity index (χ2n) is 9.26. The fourth-order valence-electron chi connectivity index (χ4n) is 4.97. The first-order chi connectivity index (χ1) is 16.5. The average Bonchev–Trinajstić information content (AvgIpc) is 3.40. The Balaban J connectivity index is 0.000000172. The monoisotopic (exact) mass is 477 g/mol. The lowest BCUT2D eigenvalue weighted by atomic mass is 9.83. The van der Waals surface area contributed by atoms with Gasteiger partial charge in [-0.1, -0.05) is 48.5 Å². The van der Waals surface area contributed by atoms with Gasteiger partial charge in [-0.05, 0) is 29.1 Å². The van der Waals surface area contributed by atoms with Gasteiger partial charge < -0.3 is 14.5 Å². The zero-order valence-corrected chi connectivity index (χ0v) is 20.5. The number of benzene rings is 2. The number of ketones is 1. The second kappa shape index (κ2) is 11.4. The number of carbonyl (C=O) groups excluding carboxylic acids is 2. The number of thiophene rings is 1. The van der Waals surface area contributed by atoms with Crippen molar-refractivity contribution in [3.63, 3.8) is 0 Å². The molecule has 4 heterocycles. The van der Waals surface area contributed by atoms with Crippen LogP contribution in [0, 0.1) is 5.92 Å². The van der Waals surface area contributed by atoms with Crippen LogP contribution < -0.4 is 5.32 Å². The lowest BCUT2D eigenvalue weighted by Gasteiger charge is -2.51. The Labute approximate surface area is 206 Å². The van der Waals surface area contributed by atoms with E-state index in [1.807, 2.05) is 41.1 Å². The van der Waals surface area contributed by atoms with E-state index in [-0.39, 0.29) is 17.9 Å². The van der Waals surface area contributed by atoms with E-state index < -0.39 is 0 Å². The number of ether oxygens (including phenoxy) is 1. The number of esters is 1. The summed E-state index contributed by atoms with van der Waals surface area (Å²) < 4.78 is 6.25. The predicted molar refractivity (Wildman–Crippen MR) is 137 cm³/mol. The first kappa shape index (κ1) is 24.2. The Morgan fingerprint density at radius 3 is 2.29 bits per heavy atom. The van der Waals surface area contributed by atoms with Gasteiger partial charge in [0.25, 0.3) is 0 Å². The smallest absolute Gasteiger partial charge is 0.303 e. The van der Waals surface area contributed by atoms with Crippen molar-refractivity contribution in [2.75, 3.05) is 31.5 Å². The number of rotatable bonds is 7. The molecule has 6 rings (SSSR count). The summed E-state index contributed by atoms with van der Waals surface area (Å²) in [6.45, 7) is 5.78. The number of anilines is 1. The molecule has 3 aromatic rings. The molecule has 2 aromatic carbocycles. The SMILES string of the molecule is CC(=O)OC1C[N+]2(CC(=O)c3ccsc3)CCC1CC2.c1ccc(CNc2ccccc2)cc1. The summed E-state index contributed by atoms with van der Waals surface area (Å²) in [5.74, 6) is 0.509. The van der Waals surface area contributed by atoms with Gasteiger partial charge in [-0.25, -0.2) is 0 Å². The number of fused-ring (bicyclic) bond motifs is 3. The number of nitrogens with one attached hydrogen (secondary N) is 1. The molecular weight excluding hydrogens is 444 g/mol. The van der Waals surface area contributed by atoms with E-state index in [4.69, 9.17) is 4.74 Å². The van der Waals surface area contributed by atoms with E-state index in [0.717, 1.165) is 54.8 Å². The standard InChI is InChI=1S/C15H20NO3S.C13H13N/c1-11(17)19-15-9-16(5-2-12(15)3-6-16)8-14(18)13-4-7-20-10-13;1-3-7-12(8-4-1)11-14-13-9-5-2-6-10-13/h4,7,10,12,15H,2-3,5-6,8-9H2,1H3;1-10,14H,11H2/q+1;. The minimum atomic E-state index is -0.203. The number of nitrogens with zero attached hydrogens (tertiary/aromatic N) is 1. The van der Waals surface area contributed by atoms with Crippen molar-refractivity contribution >= 4 is 28.8 Å². The molecule has 1 atom stereocenters. The van der Waals surface area contributed by atoms with Crippen molar-refractivity contribution < 1.29 is 18.8 Å². The van der Waals surface area contributed by atoms with Gasteiger partial charge in [0, 0.05) is 48.9 Å². The van der Waals surface area contributed by atoms with Crippen LogP contribution in [0.15, 0.2) is 77.5 Å². The molecule has 34 heavy (non-hydrogen) atoms. The molecule has 3 fully saturated rings. The van der Waals surface area contributed by atoms with Crippen molar-refractivity contribution in [2.45, 2.75) is 32.4 Å². The Bertz CT molecular complexity index is 1010. The maximum Gasteiger partial charge on any atom is 0.303 e. The lowest BCUT2D eigenvalue weighted by molar-refractivity contribution is -0.938. The highest BCUT2D eigenvalue weighted by Crippen LogP contribution is 2.35. The van der Waals surface area contributed by atoms with Gasteiger partial charge in [0.1, 0.15) is 13.1 Å². The van der Waals surface area contributed by atoms with Crippen LogP contribution in [-0.4, -0.2) is 48.5 Å². The van der Waals surface area contributed by atoms with Crippen molar-refractivity contribution in [2.24, 2.45) is 5.92 Å². The zero-order valence-electron chi connectivity index (χ0n) is 19.7. The third-order valence-corrected chi connectivity index (χ3v) is 7.48. The van der Waals surface area contributed by atoms with Crippen molar-refractivity contribution in [1.29, 1.82) is 0 Å². The first-order valence-corrected chi connectivity index (χ1v) is 12.9. The largest absolute Gasteiger partial charge is 0.456 e. The molecule has 0 amide bonds.